The molecule has 0 radical (unpaired) electrons. The fourth-order valence-corrected chi connectivity index (χ4v) is 5.20. The summed E-state index contributed by atoms with van der Waals surface area (Å²) in [7, 11) is 0. The van der Waals surface area contributed by atoms with E-state index in [0.29, 0.717) is 6.61 Å². The Balaban J connectivity index is 1.39. The van der Waals surface area contributed by atoms with Crippen LogP contribution in [0.1, 0.15) is 41.5 Å². The van der Waals surface area contributed by atoms with E-state index in [0.717, 1.165) is 36.3 Å². The van der Waals surface area contributed by atoms with Crippen molar-refractivity contribution in [3.63, 3.8) is 0 Å². The number of hydrogen-bond acceptors (Lipinski definition) is 4. The van der Waals surface area contributed by atoms with Crippen molar-refractivity contribution in [2.75, 3.05) is 11.9 Å². The second-order valence-corrected chi connectivity index (χ2v) is 9.01. The van der Waals surface area contributed by atoms with E-state index in [1.807, 2.05) is 24.3 Å². The molecular formula is C27H25ClN2O3. The number of hydrogen-bond donors (Lipinski definition) is 1. The van der Waals surface area contributed by atoms with Crippen molar-refractivity contribution in [1.82, 2.24) is 0 Å². The molecule has 0 aromatic heterocycles. The Bertz CT molecular complexity index is 1200. The van der Waals surface area contributed by atoms with Crippen molar-refractivity contribution in [3.05, 3.63) is 111 Å². The van der Waals surface area contributed by atoms with E-state index in [1.165, 1.54) is 11.1 Å². The molecule has 1 aliphatic heterocycles. The van der Waals surface area contributed by atoms with Gasteiger partial charge in [-0.1, -0.05) is 72.3 Å². The average Bonchev–Trinajstić information content (AvgIpc) is 3.33. The molecule has 0 spiro atoms. The summed E-state index contributed by atoms with van der Waals surface area (Å²) in [5, 5.41) is 15.3. The van der Waals surface area contributed by atoms with Crippen LogP contribution >= 0.6 is 11.6 Å². The Kier molecular flexibility index (Phi) is 6.05. The molecule has 168 valence electrons. The third kappa shape index (κ3) is 4.33. The van der Waals surface area contributed by atoms with Gasteiger partial charge in [0, 0.05) is 12.0 Å². The monoisotopic (exact) mass is 460 g/mol. The summed E-state index contributed by atoms with van der Waals surface area (Å²) >= 11 is 6.07. The van der Waals surface area contributed by atoms with Gasteiger partial charge in [-0.05, 0) is 54.0 Å². The lowest BCUT2D eigenvalue weighted by Crippen LogP contribution is -2.29. The maximum atomic E-state index is 11.5. The number of allylic oxidation sites excluding steroid dienone is 2. The Morgan fingerprint density at radius 3 is 2.76 bits per heavy atom. The number of nitrogens with one attached hydrogen (secondary N) is 1. The van der Waals surface area contributed by atoms with Crippen LogP contribution in [-0.4, -0.2) is 11.5 Å². The molecule has 3 aromatic rings. The fourth-order valence-electron chi connectivity index (χ4n) is 5.01. The van der Waals surface area contributed by atoms with Gasteiger partial charge < -0.3 is 10.1 Å². The molecule has 1 heterocycles. The maximum absolute atomic E-state index is 11.5. The van der Waals surface area contributed by atoms with Crippen LogP contribution in [-0.2, 0) is 6.42 Å². The fraction of sp³-hybridized carbons (Fsp3) is 0.259. The summed E-state index contributed by atoms with van der Waals surface area (Å²) in [4.78, 5) is 11.0. The number of rotatable bonds is 7. The van der Waals surface area contributed by atoms with E-state index < -0.39 is 4.92 Å². The van der Waals surface area contributed by atoms with Gasteiger partial charge in [-0.25, -0.2) is 0 Å². The lowest BCUT2D eigenvalue weighted by Gasteiger charge is -2.38. The number of benzene rings is 3. The van der Waals surface area contributed by atoms with Crippen LogP contribution < -0.4 is 10.1 Å². The van der Waals surface area contributed by atoms with Crippen LogP contribution in [0.25, 0.3) is 0 Å². The number of nitro benzene ring substituents is 1. The molecule has 3 unspecified atom stereocenters. The van der Waals surface area contributed by atoms with Gasteiger partial charge in [0.2, 0.25) is 0 Å². The van der Waals surface area contributed by atoms with Crippen LogP contribution in [0.4, 0.5) is 11.4 Å². The van der Waals surface area contributed by atoms with E-state index >= 15 is 0 Å². The quantitative estimate of drug-likeness (QED) is 0.177. The predicted octanol–water partition coefficient (Wildman–Crippen LogP) is 7.09. The SMILES string of the molecule is O=[N+]([O-])c1cc(C2Nc3c(OCCCc4ccccc4)cccc3C3C=CCC32)ccc1Cl. The highest BCUT2D eigenvalue weighted by Crippen LogP contribution is 2.52. The van der Waals surface area contributed by atoms with Gasteiger partial charge in [-0.2, -0.15) is 0 Å². The van der Waals surface area contributed by atoms with Crippen LogP contribution in [0.2, 0.25) is 5.02 Å². The van der Waals surface area contributed by atoms with E-state index in [1.54, 1.807) is 12.1 Å². The topological polar surface area (TPSA) is 64.4 Å². The second-order valence-electron chi connectivity index (χ2n) is 8.60. The number of aryl methyl sites for hydroxylation is 1. The molecule has 5 rings (SSSR count). The van der Waals surface area contributed by atoms with E-state index in [-0.39, 0.29) is 28.6 Å². The van der Waals surface area contributed by atoms with Crippen LogP contribution in [0, 0.1) is 16.0 Å². The average molecular weight is 461 g/mol. The Morgan fingerprint density at radius 2 is 1.94 bits per heavy atom. The molecule has 0 bridgehead atoms. The molecule has 3 aromatic carbocycles. The van der Waals surface area contributed by atoms with Crippen molar-refractivity contribution >= 4 is 23.0 Å². The number of halogens is 1. The van der Waals surface area contributed by atoms with E-state index in [2.05, 4.69) is 47.8 Å². The highest BCUT2D eigenvalue weighted by atomic mass is 35.5. The van der Waals surface area contributed by atoms with Gasteiger partial charge in [0.1, 0.15) is 10.8 Å². The third-order valence-electron chi connectivity index (χ3n) is 6.59. The molecule has 5 nitrogen and oxygen atoms in total. The van der Waals surface area contributed by atoms with Gasteiger partial charge in [0.25, 0.3) is 5.69 Å². The smallest absolute Gasteiger partial charge is 0.288 e. The summed E-state index contributed by atoms with van der Waals surface area (Å²) in [5.74, 6) is 1.35. The Labute approximate surface area is 198 Å². The first-order valence-corrected chi connectivity index (χ1v) is 11.7. The Hall–Kier alpha value is -3.31. The normalized spacial score (nSPS) is 20.6. The zero-order chi connectivity index (χ0) is 22.8. The molecule has 0 fully saturated rings. The first-order valence-electron chi connectivity index (χ1n) is 11.3. The molecule has 0 saturated carbocycles. The number of anilines is 1. The molecule has 33 heavy (non-hydrogen) atoms. The highest BCUT2D eigenvalue weighted by molar-refractivity contribution is 6.32. The third-order valence-corrected chi connectivity index (χ3v) is 6.91. The van der Waals surface area contributed by atoms with Gasteiger partial charge >= 0.3 is 0 Å². The minimum absolute atomic E-state index is 0.0604. The Morgan fingerprint density at radius 1 is 1.09 bits per heavy atom. The summed E-state index contributed by atoms with van der Waals surface area (Å²) in [6.45, 7) is 0.619. The summed E-state index contributed by atoms with van der Waals surface area (Å²) < 4.78 is 6.22. The van der Waals surface area contributed by atoms with Gasteiger partial charge in [0.05, 0.1) is 23.3 Å². The summed E-state index contributed by atoms with van der Waals surface area (Å²) in [5.41, 5.74) is 4.31. The largest absolute Gasteiger partial charge is 0.491 e. The maximum Gasteiger partial charge on any atom is 0.288 e. The molecule has 1 aliphatic carbocycles. The van der Waals surface area contributed by atoms with Crippen molar-refractivity contribution in [2.24, 2.45) is 5.92 Å². The molecule has 0 saturated heterocycles. The second kappa shape index (κ2) is 9.28. The van der Waals surface area contributed by atoms with Crippen LogP contribution in [0.3, 0.4) is 0 Å². The minimum Gasteiger partial charge on any atom is -0.491 e. The summed E-state index contributed by atoms with van der Waals surface area (Å²) in [6.07, 6.45) is 7.26. The standard InChI is InChI=1S/C27H25ClN2O3/c28-23-15-14-19(17-24(23)30(31)32)26-21-11-4-10-20(21)22-12-5-13-25(27(22)29-26)33-16-6-9-18-7-2-1-3-8-18/h1-5,7-8,10,12-15,17,20-21,26,29H,6,9,11,16H2. The van der Waals surface area contributed by atoms with Crippen LogP contribution in [0.15, 0.2) is 78.9 Å². The van der Waals surface area contributed by atoms with Crippen molar-refractivity contribution in [3.8, 4) is 5.75 Å². The summed E-state index contributed by atoms with van der Waals surface area (Å²) in [6, 6.07) is 21.6. The molecule has 3 atom stereocenters. The molecule has 0 amide bonds. The zero-order valence-corrected chi connectivity index (χ0v) is 18.9. The number of ether oxygens (including phenoxy) is 1. The molecule has 6 heteroatoms. The highest BCUT2D eigenvalue weighted by Gasteiger charge is 2.39. The van der Waals surface area contributed by atoms with Gasteiger partial charge in [-0.3, -0.25) is 10.1 Å². The number of nitrogens with zero attached hydrogens (tertiary/aromatic N) is 1. The molecule has 1 N–H and O–H groups in total. The number of nitro groups is 1. The van der Waals surface area contributed by atoms with E-state index in [9.17, 15) is 10.1 Å². The van der Waals surface area contributed by atoms with Crippen molar-refractivity contribution < 1.29 is 9.66 Å². The molecule has 2 aliphatic rings. The molecular weight excluding hydrogens is 436 g/mol. The predicted molar refractivity (Wildman–Crippen MR) is 131 cm³/mol. The van der Waals surface area contributed by atoms with Crippen LogP contribution in [0.5, 0.6) is 5.75 Å². The van der Waals surface area contributed by atoms with E-state index in [4.69, 9.17) is 16.3 Å². The zero-order valence-electron chi connectivity index (χ0n) is 18.1. The number of fused-ring (bicyclic) bond motifs is 3. The van der Waals surface area contributed by atoms with Crippen molar-refractivity contribution in [1.29, 1.82) is 0 Å². The van der Waals surface area contributed by atoms with Gasteiger partial charge in [0.15, 0.2) is 0 Å². The minimum atomic E-state index is -0.422. The first-order chi connectivity index (χ1) is 16.1. The van der Waals surface area contributed by atoms with Gasteiger partial charge in [-0.15, -0.1) is 0 Å². The van der Waals surface area contributed by atoms with Crippen molar-refractivity contribution in [2.45, 2.75) is 31.2 Å². The number of para-hydroxylation sites is 1. The lowest BCUT2D eigenvalue weighted by molar-refractivity contribution is -0.384. The first kappa shape index (κ1) is 21.5. The lowest BCUT2D eigenvalue weighted by atomic mass is 9.77.